The minimum atomic E-state index is -0.464. The van der Waals surface area contributed by atoms with E-state index in [2.05, 4.69) is 10.00 Å². The molecule has 6 nitrogen and oxygen atoms in total. The molecule has 0 unspecified atom stereocenters. The number of likely N-dealkylation sites (N-methyl/N-ethyl adjacent to an activating group) is 1. The van der Waals surface area contributed by atoms with Gasteiger partial charge in [-0.05, 0) is 51.3 Å². The molecule has 3 atom stereocenters. The van der Waals surface area contributed by atoms with Crippen LogP contribution in [0.25, 0.3) is 0 Å². The molecule has 0 aromatic carbocycles. The largest absolute Gasteiger partial charge is 0.389 e. The van der Waals surface area contributed by atoms with Crippen molar-refractivity contribution in [3.63, 3.8) is 0 Å². The quantitative estimate of drug-likeness (QED) is 0.900. The monoisotopic (exact) mass is 306 g/mol. The predicted octanol–water partition coefficient (Wildman–Crippen LogP) is 0.870. The summed E-state index contributed by atoms with van der Waals surface area (Å²) in [7, 11) is 3.57. The van der Waals surface area contributed by atoms with Crippen LogP contribution in [0, 0.1) is 0 Å². The van der Waals surface area contributed by atoms with Crippen LogP contribution in [0.15, 0.2) is 12.3 Å². The van der Waals surface area contributed by atoms with Crippen LogP contribution in [0.4, 0.5) is 0 Å². The first-order chi connectivity index (χ1) is 10.6. The number of carbonyl (C=O) groups excluding carboxylic acids is 1. The fourth-order valence-electron chi connectivity index (χ4n) is 3.94. The van der Waals surface area contributed by atoms with Crippen LogP contribution in [0.5, 0.6) is 0 Å². The Morgan fingerprint density at radius 1 is 1.32 bits per heavy atom. The number of likely N-dealkylation sites (tertiary alicyclic amines) is 1. The van der Waals surface area contributed by atoms with Crippen LogP contribution >= 0.6 is 0 Å². The highest BCUT2D eigenvalue weighted by Crippen LogP contribution is 2.29. The van der Waals surface area contributed by atoms with Crippen molar-refractivity contribution in [2.45, 2.75) is 50.3 Å². The van der Waals surface area contributed by atoms with E-state index in [0.717, 1.165) is 32.4 Å². The van der Waals surface area contributed by atoms with E-state index in [4.69, 9.17) is 0 Å². The molecule has 1 aromatic heterocycles. The lowest BCUT2D eigenvalue weighted by Crippen LogP contribution is -2.56. The number of hydrogen-bond donors (Lipinski definition) is 1. The molecule has 0 radical (unpaired) electrons. The zero-order valence-electron chi connectivity index (χ0n) is 13.5. The SMILES string of the molecule is CN(C(=O)c1ccnn1C)[C@@H]1CCC[C@@H](N2CCCC2)[C@@H]1O. The summed E-state index contributed by atoms with van der Waals surface area (Å²) in [6.45, 7) is 2.15. The number of hydrogen-bond acceptors (Lipinski definition) is 4. The molecule has 122 valence electrons. The Kier molecular flexibility index (Phi) is 4.49. The maximum Gasteiger partial charge on any atom is 0.272 e. The number of rotatable bonds is 3. The average molecular weight is 306 g/mol. The first-order valence-corrected chi connectivity index (χ1v) is 8.27. The van der Waals surface area contributed by atoms with E-state index in [1.54, 1.807) is 35.9 Å². The van der Waals surface area contributed by atoms with Crippen molar-refractivity contribution in [2.75, 3.05) is 20.1 Å². The maximum atomic E-state index is 12.6. The van der Waals surface area contributed by atoms with Gasteiger partial charge in [0.2, 0.25) is 0 Å². The smallest absolute Gasteiger partial charge is 0.272 e. The highest BCUT2D eigenvalue weighted by atomic mass is 16.3. The predicted molar refractivity (Wildman–Crippen MR) is 83.5 cm³/mol. The van der Waals surface area contributed by atoms with E-state index in [9.17, 15) is 9.90 Å². The molecule has 1 amide bonds. The van der Waals surface area contributed by atoms with Crippen molar-refractivity contribution in [3.05, 3.63) is 18.0 Å². The maximum absolute atomic E-state index is 12.6. The van der Waals surface area contributed by atoms with E-state index in [-0.39, 0.29) is 18.0 Å². The van der Waals surface area contributed by atoms with Gasteiger partial charge in [0.05, 0.1) is 12.1 Å². The second kappa shape index (κ2) is 6.38. The van der Waals surface area contributed by atoms with Gasteiger partial charge in [0.25, 0.3) is 5.91 Å². The number of amides is 1. The van der Waals surface area contributed by atoms with E-state index in [0.29, 0.717) is 5.69 Å². The zero-order valence-corrected chi connectivity index (χ0v) is 13.5. The third-order valence-electron chi connectivity index (χ3n) is 5.26. The molecule has 2 heterocycles. The number of aromatic nitrogens is 2. The number of aliphatic hydroxyl groups is 1. The standard InChI is InChI=1S/C16H26N4O2/c1-18(16(22)14-8-9-17-19(14)2)12-6-5-7-13(15(12)21)20-10-3-4-11-20/h8-9,12-13,15,21H,3-7,10-11H2,1-2H3/t12-,13-,15-/m1/s1. The Labute approximate surface area is 131 Å². The van der Waals surface area contributed by atoms with Gasteiger partial charge >= 0.3 is 0 Å². The Morgan fingerprint density at radius 3 is 2.68 bits per heavy atom. The molecule has 3 rings (SSSR count). The van der Waals surface area contributed by atoms with Gasteiger partial charge < -0.3 is 10.0 Å². The van der Waals surface area contributed by atoms with Crippen molar-refractivity contribution >= 4 is 5.91 Å². The highest BCUT2D eigenvalue weighted by Gasteiger charge is 2.39. The number of aliphatic hydroxyl groups excluding tert-OH is 1. The Hall–Kier alpha value is -1.40. The third kappa shape index (κ3) is 2.77. The van der Waals surface area contributed by atoms with Crippen LogP contribution in [0.1, 0.15) is 42.6 Å². The van der Waals surface area contributed by atoms with Crippen LogP contribution < -0.4 is 0 Å². The minimum Gasteiger partial charge on any atom is -0.389 e. The van der Waals surface area contributed by atoms with Crippen molar-refractivity contribution < 1.29 is 9.90 Å². The van der Waals surface area contributed by atoms with E-state index < -0.39 is 6.10 Å². The fourth-order valence-corrected chi connectivity index (χ4v) is 3.94. The highest BCUT2D eigenvalue weighted by molar-refractivity contribution is 5.92. The molecule has 6 heteroatoms. The molecular formula is C16H26N4O2. The molecule has 1 saturated heterocycles. The van der Waals surface area contributed by atoms with Gasteiger partial charge in [-0.2, -0.15) is 5.10 Å². The lowest BCUT2D eigenvalue weighted by Gasteiger charge is -2.43. The summed E-state index contributed by atoms with van der Waals surface area (Å²) < 4.78 is 1.59. The third-order valence-corrected chi connectivity index (χ3v) is 5.26. The van der Waals surface area contributed by atoms with Crippen molar-refractivity contribution in [1.29, 1.82) is 0 Å². The van der Waals surface area contributed by atoms with Gasteiger partial charge in [-0.1, -0.05) is 0 Å². The van der Waals surface area contributed by atoms with Gasteiger partial charge in [0.1, 0.15) is 5.69 Å². The summed E-state index contributed by atoms with van der Waals surface area (Å²) in [5.41, 5.74) is 0.568. The first kappa shape index (κ1) is 15.5. The molecule has 0 bridgehead atoms. The number of aryl methyl sites for hydroxylation is 1. The average Bonchev–Trinajstić information content (AvgIpc) is 3.17. The molecule has 1 aliphatic carbocycles. The molecule has 1 N–H and O–H groups in total. The van der Waals surface area contributed by atoms with E-state index in [1.165, 1.54) is 12.8 Å². The van der Waals surface area contributed by atoms with Crippen molar-refractivity contribution in [1.82, 2.24) is 19.6 Å². The van der Waals surface area contributed by atoms with Gasteiger partial charge in [0.15, 0.2) is 0 Å². The zero-order chi connectivity index (χ0) is 15.7. The summed E-state index contributed by atoms with van der Waals surface area (Å²) >= 11 is 0. The lowest BCUT2D eigenvalue weighted by atomic mass is 9.86. The molecule has 2 fully saturated rings. The molecule has 2 aliphatic rings. The van der Waals surface area contributed by atoms with E-state index >= 15 is 0 Å². The Morgan fingerprint density at radius 2 is 2.05 bits per heavy atom. The molecule has 1 aromatic rings. The summed E-state index contributed by atoms with van der Waals surface area (Å²) in [4.78, 5) is 16.8. The normalized spacial score (nSPS) is 29.7. The van der Waals surface area contributed by atoms with Gasteiger partial charge in [-0.25, -0.2) is 0 Å². The Bertz CT molecular complexity index is 524. The fraction of sp³-hybridized carbons (Fsp3) is 0.750. The number of nitrogens with zero attached hydrogens (tertiary/aromatic N) is 4. The summed E-state index contributed by atoms with van der Waals surface area (Å²) in [6, 6.07) is 1.82. The summed E-state index contributed by atoms with van der Waals surface area (Å²) in [6.07, 6.45) is 6.57. The Balaban J connectivity index is 1.72. The molecule has 1 aliphatic heterocycles. The van der Waals surface area contributed by atoms with Crippen LogP contribution in [0.2, 0.25) is 0 Å². The van der Waals surface area contributed by atoms with Crippen molar-refractivity contribution in [2.24, 2.45) is 7.05 Å². The number of carbonyl (C=O) groups is 1. The molecule has 1 saturated carbocycles. The van der Waals surface area contributed by atoms with Gasteiger partial charge in [-0.15, -0.1) is 0 Å². The summed E-state index contributed by atoms with van der Waals surface area (Å²) in [5.74, 6) is -0.0638. The topological polar surface area (TPSA) is 61.6 Å². The van der Waals surface area contributed by atoms with Crippen LogP contribution in [-0.2, 0) is 7.05 Å². The van der Waals surface area contributed by atoms with E-state index in [1.807, 2.05) is 0 Å². The van der Waals surface area contributed by atoms with Crippen molar-refractivity contribution in [3.8, 4) is 0 Å². The van der Waals surface area contributed by atoms with Crippen LogP contribution in [-0.4, -0.2) is 68.9 Å². The second-order valence-electron chi connectivity index (χ2n) is 6.56. The lowest BCUT2D eigenvalue weighted by molar-refractivity contribution is -0.0244. The molecular weight excluding hydrogens is 280 g/mol. The first-order valence-electron chi connectivity index (χ1n) is 8.27. The van der Waals surface area contributed by atoms with Crippen LogP contribution in [0.3, 0.4) is 0 Å². The summed E-state index contributed by atoms with van der Waals surface area (Å²) in [5, 5.41) is 14.9. The van der Waals surface area contributed by atoms with Gasteiger partial charge in [0, 0.05) is 26.3 Å². The van der Waals surface area contributed by atoms with Gasteiger partial charge in [-0.3, -0.25) is 14.4 Å². The molecule has 0 spiro atoms. The second-order valence-corrected chi connectivity index (χ2v) is 6.56. The minimum absolute atomic E-state index is 0.0638. The molecule has 22 heavy (non-hydrogen) atoms.